The zero-order valence-corrected chi connectivity index (χ0v) is 8.76. The van der Waals surface area contributed by atoms with Crippen LogP contribution in [0.25, 0.3) is 0 Å². The first-order valence-corrected chi connectivity index (χ1v) is 5.74. The molecule has 2 fully saturated rings. The Kier molecular flexibility index (Phi) is 2.47. The second kappa shape index (κ2) is 3.95. The average Bonchev–Trinajstić information content (AvgIpc) is 3.07. The van der Waals surface area contributed by atoms with Crippen LogP contribution in [0, 0.1) is 0 Å². The summed E-state index contributed by atoms with van der Waals surface area (Å²) in [6.07, 6.45) is 4.90. The molecule has 0 spiro atoms. The Bertz CT molecular complexity index is 323. The largest absolute Gasteiger partial charge is 0.371 e. The van der Waals surface area contributed by atoms with E-state index < -0.39 is 0 Å². The van der Waals surface area contributed by atoms with Crippen LogP contribution in [0.1, 0.15) is 24.8 Å². The van der Waals surface area contributed by atoms with Gasteiger partial charge in [-0.2, -0.15) is 0 Å². The quantitative estimate of drug-likeness (QED) is 0.706. The van der Waals surface area contributed by atoms with Crippen molar-refractivity contribution in [1.29, 1.82) is 0 Å². The first-order chi connectivity index (χ1) is 7.43. The maximum Gasteiger partial charge on any atom is 0.110 e. The van der Waals surface area contributed by atoms with Crippen LogP contribution in [0.2, 0.25) is 0 Å². The van der Waals surface area contributed by atoms with Crippen molar-refractivity contribution in [3.05, 3.63) is 35.9 Å². The molecule has 0 aromatic heterocycles. The van der Waals surface area contributed by atoms with Gasteiger partial charge in [-0.1, -0.05) is 30.3 Å². The van der Waals surface area contributed by atoms with E-state index in [1.807, 2.05) is 6.07 Å². The third-order valence-corrected chi connectivity index (χ3v) is 3.27. The standard InChI is InChI=1S/C13H16O2/c1-2-5-10(6-3-1)9-14-11-7-4-8-12-13(11)15-12/h1-3,5-6,11-13H,4,7-9H2/t11-,12?,13-/m1/s1. The van der Waals surface area contributed by atoms with E-state index >= 15 is 0 Å². The second-order valence-corrected chi connectivity index (χ2v) is 4.41. The van der Waals surface area contributed by atoms with Crippen molar-refractivity contribution in [1.82, 2.24) is 0 Å². The van der Waals surface area contributed by atoms with Gasteiger partial charge in [0.1, 0.15) is 6.10 Å². The third-order valence-electron chi connectivity index (χ3n) is 3.27. The highest BCUT2D eigenvalue weighted by Crippen LogP contribution is 2.38. The van der Waals surface area contributed by atoms with Gasteiger partial charge in [0.15, 0.2) is 0 Å². The van der Waals surface area contributed by atoms with Gasteiger partial charge < -0.3 is 9.47 Å². The molecule has 1 saturated carbocycles. The van der Waals surface area contributed by atoms with Gasteiger partial charge in [-0.05, 0) is 24.8 Å². The van der Waals surface area contributed by atoms with E-state index in [0.717, 1.165) is 13.0 Å². The van der Waals surface area contributed by atoms with Crippen LogP contribution in [0.5, 0.6) is 0 Å². The molecule has 3 atom stereocenters. The molecule has 1 aromatic rings. The lowest BCUT2D eigenvalue weighted by Gasteiger charge is -2.18. The summed E-state index contributed by atoms with van der Waals surface area (Å²) >= 11 is 0. The van der Waals surface area contributed by atoms with E-state index in [9.17, 15) is 0 Å². The average molecular weight is 204 g/mol. The van der Waals surface area contributed by atoms with Gasteiger partial charge in [-0.25, -0.2) is 0 Å². The highest BCUT2D eigenvalue weighted by molar-refractivity contribution is 5.13. The van der Waals surface area contributed by atoms with E-state index in [-0.39, 0.29) is 0 Å². The van der Waals surface area contributed by atoms with Crippen molar-refractivity contribution in [2.45, 2.75) is 44.2 Å². The van der Waals surface area contributed by atoms with Crippen molar-refractivity contribution in [3.8, 4) is 0 Å². The summed E-state index contributed by atoms with van der Waals surface area (Å²) in [6, 6.07) is 10.3. The number of fused-ring (bicyclic) bond motifs is 1. The predicted octanol–water partition coefficient (Wildman–Crippen LogP) is 2.52. The van der Waals surface area contributed by atoms with Crippen molar-refractivity contribution in [2.24, 2.45) is 0 Å². The van der Waals surface area contributed by atoms with Crippen molar-refractivity contribution in [3.63, 3.8) is 0 Å². The lowest BCUT2D eigenvalue weighted by Crippen LogP contribution is -2.25. The Balaban J connectivity index is 1.54. The topological polar surface area (TPSA) is 21.8 Å². The molecule has 0 radical (unpaired) electrons. The zero-order valence-electron chi connectivity index (χ0n) is 8.76. The minimum Gasteiger partial charge on any atom is -0.371 e. The fraction of sp³-hybridized carbons (Fsp3) is 0.538. The number of hydrogen-bond donors (Lipinski definition) is 0. The van der Waals surface area contributed by atoms with Crippen molar-refractivity contribution >= 4 is 0 Å². The molecular formula is C13H16O2. The molecule has 0 amide bonds. The Morgan fingerprint density at radius 1 is 1.20 bits per heavy atom. The van der Waals surface area contributed by atoms with Gasteiger partial charge in [0.05, 0.1) is 18.8 Å². The predicted molar refractivity (Wildman–Crippen MR) is 57.5 cm³/mol. The lowest BCUT2D eigenvalue weighted by atomic mass is 9.98. The summed E-state index contributed by atoms with van der Waals surface area (Å²) in [5.41, 5.74) is 1.25. The van der Waals surface area contributed by atoms with Gasteiger partial charge in [0.2, 0.25) is 0 Å². The van der Waals surface area contributed by atoms with Crippen LogP contribution in [-0.4, -0.2) is 18.3 Å². The number of epoxide rings is 1. The third kappa shape index (κ3) is 2.06. The smallest absolute Gasteiger partial charge is 0.110 e. The summed E-state index contributed by atoms with van der Waals surface area (Å²) in [5.74, 6) is 0. The molecule has 0 N–H and O–H groups in total. The van der Waals surface area contributed by atoms with Crippen LogP contribution < -0.4 is 0 Å². The lowest BCUT2D eigenvalue weighted by molar-refractivity contribution is 0.0135. The van der Waals surface area contributed by atoms with E-state index in [1.54, 1.807) is 0 Å². The first-order valence-electron chi connectivity index (χ1n) is 5.74. The number of hydrogen-bond acceptors (Lipinski definition) is 2. The zero-order chi connectivity index (χ0) is 10.1. The molecule has 2 aliphatic rings. The molecule has 1 unspecified atom stereocenters. The van der Waals surface area contributed by atoms with E-state index in [1.165, 1.54) is 18.4 Å². The van der Waals surface area contributed by atoms with E-state index in [4.69, 9.17) is 9.47 Å². The molecule has 1 aromatic carbocycles. The van der Waals surface area contributed by atoms with Gasteiger partial charge >= 0.3 is 0 Å². The molecule has 2 nitrogen and oxygen atoms in total. The van der Waals surface area contributed by atoms with Gasteiger partial charge in [-0.15, -0.1) is 0 Å². The maximum atomic E-state index is 5.90. The molecular weight excluding hydrogens is 188 g/mol. The highest BCUT2D eigenvalue weighted by atomic mass is 16.6. The maximum absolute atomic E-state index is 5.90. The summed E-state index contributed by atoms with van der Waals surface area (Å²) < 4.78 is 11.5. The molecule has 15 heavy (non-hydrogen) atoms. The Labute approximate surface area is 90.2 Å². The van der Waals surface area contributed by atoms with Crippen molar-refractivity contribution in [2.75, 3.05) is 0 Å². The number of benzene rings is 1. The normalized spacial score (nSPS) is 33.5. The molecule has 1 aliphatic carbocycles. The van der Waals surface area contributed by atoms with Gasteiger partial charge in [0, 0.05) is 0 Å². The molecule has 2 heteroatoms. The number of rotatable bonds is 3. The number of ether oxygens (including phenoxy) is 2. The molecule has 3 rings (SSSR count). The highest BCUT2D eigenvalue weighted by Gasteiger charge is 2.47. The first kappa shape index (κ1) is 9.37. The minimum atomic E-state index is 0.337. The van der Waals surface area contributed by atoms with Crippen LogP contribution in [0.4, 0.5) is 0 Å². The fourth-order valence-electron chi connectivity index (χ4n) is 2.36. The monoisotopic (exact) mass is 204 g/mol. The second-order valence-electron chi connectivity index (χ2n) is 4.41. The molecule has 1 saturated heterocycles. The Morgan fingerprint density at radius 2 is 2.07 bits per heavy atom. The summed E-state index contributed by atoms with van der Waals surface area (Å²) in [5, 5.41) is 0. The molecule has 0 bridgehead atoms. The van der Waals surface area contributed by atoms with Crippen molar-refractivity contribution < 1.29 is 9.47 Å². The van der Waals surface area contributed by atoms with Crippen LogP contribution in [-0.2, 0) is 16.1 Å². The summed E-state index contributed by atoms with van der Waals surface area (Å²) in [6.45, 7) is 0.720. The summed E-state index contributed by atoms with van der Waals surface area (Å²) in [7, 11) is 0. The molecule has 1 heterocycles. The van der Waals surface area contributed by atoms with Gasteiger partial charge in [0.25, 0.3) is 0 Å². The van der Waals surface area contributed by atoms with Crippen LogP contribution in [0.15, 0.2) is 30.3 Å². The summed E-state index contributed by atoms with van der Waals surface area (Å²) in [4.78, 5) is 0. The van der Waals surface area contributed by atoms with E-state index in [0.29, 0.717) is 18.3 Å². The Morgan fingerprint density at radius 3 is 2.93 bits per heavy atom. The Hall–Kier alpha value is -0.860. The minimum absolute atomic E-state index is 0.337. The SMILES string of the molecule is c1ccc(CO[C@@H]2CCCC3O[C@@H]32)cc1. The fourth-order valence-corrected chi connectivity index (χ4v) is 2.36. The van der Waals surface area contributed by atoms with Crippen LogP contribution >= 0.6 is 0 Å². The van der Waals surface area contributed by atoms with E-state index in [2.05, 4.69) is 24.3 Å². The molecule has 1 aliphatic heterocycles. The van der Waals surface area contributed by atoms with Gasteiger partial charge in [-0.3, -0.25) is 0 Å². The molecule has 80 valence electrons. The van der Waals surface area contributed by atoms with Crippen LogP contribution in [0.3, 0.4) is 0 Å².